The molecule has 0 saturated carbocycles. The number of nitrogens with zero attached hydrogens (tertiary/aromatic N) is 1. The minimum Gasteiger partial charge on any atom is -0.458 e. The van der Waals surface area contributed by atoms with Gasteiger partial charge in [-0.1, -0.05) is 59.8 Å². The molecule has 2 heterocycles. The molecule has 0 saturated heterocycles. The van der Waals surface area contributed by atoms with E-state index in [1.54, 1.807) is 19.9 Å². The van der Waals surface area contributed by atoms with Crippen LogP contribution >= 0.6 is 0 Å². The van der Waals surface area contributed by atoms with E-state index in [-0.39, 0.29) is 18.4 Å². The smallest absolute Gasteiger partial charge is 0.225 e. The number of benzene rings is 3. The van der Waals surface area contributed by atoms with E-state index in [0.29, 0.717) is 28.4 Å². The number of amides is 1. The topological polar surface area (TPSA) is 88.5 Å². The highest BCUT2D eigenvalue weighted by molar-refractivity contribution is 5.83. The zero-order chi connectivity index (χ0) is 26.1. The molecular formula is C31H30N2O4. The molecule has 2 aromatic heterocycles. The summed E-state index contributed by atoms with van der Waals surface area (Å²) in [4.78, 5) is 13.3. The number of hydrogen-bond acceptors (Lipinski definition) is 5. The summed E-state index contributed by atoms with van der Waals surface area (Å²) in [6.45, 7) is 7.68. The van der Waals surface area contributed by atoms with Crippen LogP contribution in [0, 0.1) is 27.7 Å². The van der Waals surface area contributed by atoms with E-state index in [0.717, 1.165) is 33.2 Å². The van der Waals surface area contributed by atoms with Crippen LogP contribution < -0.4 is 5.32 Å². The fourth-order valence-electron chi connectivity index (χ4n) is 4.92. The Bertz CT molecular complexity index is 1510. The summed E-state index contributed by atoms with van der Waals surface area (Å²) in [6.07, 6.45) is -0.758. The molecule has 1 unspecified atom stereocenters. The third-order valence-corrected chi connectivity index (χ3v) is 6.90. The molecule has 37 heavy (non-hydrogen) atoms. The number of aryl methyl sites for hydroxylation is 4. The van der Waals surface area contributed by atoms with Gasteiger partial charge in [-0.15, -0.1) is 0 Å². The van der Waals surface area contributed by atoms with Crippen LogP contribution in [0.3, 0.4) is 0 Å². The van der Waals surface area contributed by atoms with Gasteiger partial charge in [-0.05, 0) is 73.7 Å². The Balaban J connectivity index is 1.39. The predicted molar refractivity (Wildman–Crippen MR) is 142 cm³/mol. The van der Waals surface area contributed by atoms with Crippen LogP contribution in [0.2, 0.25) is 0 Å². The number of fused-ring (bicyclic) bond motifs is 1. The maximum Gasteiger partial charge on any atom is 0.225 e. The van der Waals surface area contributed by atoms with E-state index in [4.69, 9.17) is 8.94 Å². The molecule has 0 radical (unpaired) electrons. The molecule has 1 atom stereocenters. The number of aliphatic hydroxyl groups excluding tert-OH is 1. The quantitative estimate of drug-likeness (QED) is 0.282. The summed E-state index contributed by atoms with van der Waals surface area (Å²) in [7, 11) is 0. The fraction of sp³-hybridized carbons (Fsp3) is 0.226. The van der Waals surface area contributed by atoms with Crippen molar-refractivity contribution in [3.8, 4) is 0 Å². The number of carbonyl (C=O) groups is 1. The number of hydrogen-bond donors (Lipinski definition) is 2. The average Bonchev–Trinajstić information content (AvgIpc) is 3.45. The largest absolute Gasteiger partial charge is 0.458 e. The Morgan fingerprint density at radius 2 is 1.57 bits per heavy atom. The highest BCUT2D eigenvalue weighted by Crippen LogP contribution is 2.32. The maximum atomic E-state index is 13.3. The SMILES string of the molecule is Cc1ccccc1C(NC(=O)Cc1ccc2oc(C(O)c3c(C)noc3C)cc2c1)c1ccccc1C. The van der Waals surface area contributed by atoms with Crippen molar-refractivity contribution in [1.29, 1.82) is 0 Å². The molecule has 0 aliphatic carbocycles. The second-order valence-electron chi connectivity index (χ2n) is 9.55. The zero-order valence-electron chi connectivity index (χ0n) is 21.4. The van der Waals surface area contributed by atoms with Crippen LogP contribution in [-0.4, -0.2) is 16.2 Å². The molecule has 0 aliphatic rings. The van der Waals surface area contributed by atoms with Crippen LogP contribution in [-0.2, 0) is 11.2 Å². The van der Waals surface area contributed by atoms with Crippen molar-refractivity contribution in [1.82, 2.24) is 10.5 Å². The Morgan fingerprint density at radius 3 is 2.16 bits per heavy atom. The van der Waals surface area contributed by atoms with Crippen molar-refractivity contribution in [3.05, 3.63) is 123 Å². The lowest BCUT2D eigenvalue weighted by molar-refractivity contribution is -0.120. The first kappa shape index (κ1) is 24.5. The van der Waals surface area contributed by atoms with Gasteiger partial charge in [0.1, 0.15) is 23.2 Å². The summed E-state index contributed by atoms with van der Waals surface area (Å²) >= 11 is 0. The molecule has 2 N–H and O–H groups in total. The summed E-state index contributed by atoms with van der Waals surface area (Å²) in [5.74, 6) is 0.889. The van der Waals surface area contributed by atoms with Gasteiger partial charge < -0.3 is 19.4 Å². The van der Waals surface area contributed by atoms with Gasteiger partial charge in [0.05, 0.1) is 23.7 Å². The van der Waals surface area contributed by atoms with Gasteiger partial charge in [0.25, 0.3) is 0 Å². The number of furan rings is 1. The van der Waals surface area contributed by atoms with Crippen molar-refractivity contribution in [2.24, 2.45) is 0 Å². The summed E-state index contributed by atoms with van der Waals surface area (Å²) in [5, 5.41) is 18.9. The van der Waals surface area contributed by atoms with Crippen LogP contribution in [0.25, 0.3) is 11.0 Å². The first-order valence-electron chi connectivity index (χ1n) is 12.4. The Morgan fingerprint density at radius 1 is 0.919 bits per heavy atom. The van der Waals surface area contributed by atoms with Gasteiger partial charge in [0.2, 0.25) is 5.91 Å². The normalized spacial score (nSPS) is 12.3. The molecule has 1 amide bonds. The molecule has 5 rings (SSSR count). The van der Waals surface area contributed by atoms with Crippen LogP contribution in [0.1, 0.15) is 62.7 Å². The monoisotopic (exact) mass is 494 g/mol. The third kappa shape index (κ3) is 4.93. The van der Waals surface area contributed by atoms with Gasteiger partial charge in [-0.25, -0.2) is 0 Å². The Kier molecular flexibility index (Phi) is 6.68. The van der Waals surface area contributed by atoms with Gasteiger partial charge in [0.15, 0.2) is 0 Å². The molecule has 0 spiro atoms. The molecule has 3 aromatic carbocycles. The first-order chi connectivity index (χ1) is 17.8. The van der Waals surface area contributed by atoms with Gasteiger partial charge in [0, 0.05) is 5.39 Å². The van der Waals surface area contributed by atoms with Crippen molar-refractivity contribution >= 4 is 16.9 Å². The molecule has 188 valence electrons. The summed E-state index contributed by atoms with van der Waals surface area (Å²) in [6, 6.07) is 23.5. The molecule has 0 fully saturated rings. The standard InChI is InChI=1S/C31H30N2O4/c1-18-9-5-7-11-24(18)30(25-12-8-6-10-19(25)2)32-28(34)16-22-13-14-26-23(15-22)17-27(36-26)31(35)29-20(3)33-37-21(29)4/h5-15,17,30-31,35H,16H2,1-4H3,(H,32,34). The lowest BCUT2D eigenvalue weighted by atomic mass is 9.92. The molecule has 0 aliphatic heterocycles. The average molecular weight is 495 g/mol. The van der Waals surface area contributed by atoms with Crippen LogP contribution in [0.4, 0.5) is 0 Å². The van der Waals surface area contributed by atoms with Gasteiger partial charge in [-0.2, -0.15) is 0 Å². The number of aromatic nitrogens is 1. The van der Waals surface area contributed by atoms with E-state index in [9.17, 15) is 9.90 Å². The number of rotatable bonds is 7. The zero-order valence-corrected chi connectivity index (χ0v) is 21.4. The minimum absolute atomic E-state index is 0.0738. The number of nitrogens with one attached hydrogen (secondary N) is 1. The lowest BCUT2D eigenvalue weighted by Gasteiger charge is -2.23. The van der Waals surface area contributed by atoms with Crippen molar-refractivity contribution in [2.75, 3.05) is 0 Å². The molecule has 0 bridgehead atoms. The lowest BCUT2D eigenvalue weighted by Crippen LogP contribution is -2.31. The first-order valence-corrected chi connectivity index (χ1v) is 12.4. The second kappa shape index (κ2) is 10.1. The van der Waals surface area contributed by atoms with Crippen LogP contribution in [0.15, 0.2) is 81.7 Å². The van der Waals surface area contributed by atoms with Crippen molar-refractivity contribution in [2.45, 2.75) is 46.3 Å². The molecule has 6 nitrogen and oxygen atoms in total. The summed E-state index contributed by atoms with van der Waals surface area (Å²) < 4.78 is 11.1. The fourth-order valence-corrected chi connectivity index (χ4v) is 4.92. The summed E-state index contributed by atoms with van der Waals surface area (Å²) in [5.41, 5.74) is 7.14. The van der Waals surface area contributed by atoms with E-state index >= 15 is 0 Å². The Hall–Kier alpha value is -4.16. The van der Waals surface area contributed by atoms with E-state index in [1.807, 2.05) is 42.5 Å². The number of aliphatic hydroxyl groups is 1. The number of carbonyl (C=O) groups excluding carboxylic acids is 1. The maximum absolute atomic E-state index is 13.3. The van der Waals surface area contributed by atoms with Crippen molar-refractivity contribution in [3.63, 3.8) is 0 Å². The molecule has 5 aromatic rings. The van der Waals surface area contributed by atoms with Gasteiger partial charge >= 0.3 is 0 Å². The molecule has 6 heteroatoms. The van der Waals surface area contributed by atoms with E-state index < -0.39 is 6.10 Å². The van der Waals surface area contributed by atoms with Crippen molar-refractivity contribution < 1.29 is 18.8 Å². The van der Waals surface area contributed by atoms with Gasteiger partial charge in [-0.3, -0.25) is 4.79 Å². The third-order valence-electron chi connectivity index (χ3n) is 6.90. The van der Waals surface area contributed by atoms with Crippen LogP contribution in [0.5, 0.6) is 0 Å². The van der Waals surface area contributed by atoms with E-state index in [1.165, 1.54) is 0 Å². The van der Waals surface area contributed by atoms with E-state index in [2.05, 4.69) is 48.6 Å². The second-order valence-corrected chi connectivity index (χ2v) is 9.55. The highest BCUT2D eigenvalue weighted by atomic mass is 16.5. The molecular weight excluding hydrogens is 464 g/mol. The predicted octanol–water partition coefficient (Wildman–Crippen LogP) is 6.18. The highest BCUT2D eigenvalue weighted by Gasteiger charge is 2.24. The minimum atomic E-state index is -0.977. The Labute approximate surface area is 215 Å².